The maximum atomic E-state index is 11.5. The zero-order valence-corrected chi connectivity index (χ0v) is 11.8. The molecule has 1 aromatic rings. The van der Waals surface area contributed by atoms with E-state index >= 15 is 0 Å². The lowest BCUT2D eigenvalue weighted by molar-refractivity contribution is -0.143. The molecule has 5 nitrogen and oxygen atoms in total. The smallest absolute Gasteiger partial charge is 0.305 e. The Morgan fingerprint density at radius 2 is 1.90 bits per heavy atom. The Morgan fingerprint density at radius 1 is 1.15 bits per heavy atom. The summed E-state index contributed by atoms with van der Waals surface area (Å²) in [4.78, 5) is 22.6. The molecule has 0 fully saturated rings. The zero-order chi connectivity index (χ0) is 14.6. The minimum atomic E-state index is -0.228. The van der Waals surface area contributed by atoms with Gasteiger partial charge in [-0.25, -0.2) is 0 Å². The SMILES string of the molecule is CCOC(=O)CCCNC(=O)CCOc1ccccc1. The molecule has 0 aliphatic rings. The maximum absolute atomic E-state index is 11.5. The molecule has 0 saturated carbocycles. The van der Waals surface area contributed by atoms with Crippen LogP contribution >= 0.6 is 0 Å². The first kappa shape index (κ1) is 16.0. The lowest BCUT2D eigenvalue weighted by Crippen LogP contribution is -2.26. The Morgan fingerprint density at radius 3 is 2.60 bits per heavy atom. The maximum Gasteiger partial charge on any atom is 0.305 e. The highest BCUT2D eigenvalue weighted by Gasteiger charge is 2.04. The van der Waals surface area contributed by atoms with Gasteiger partial charge in [-0.2, -0.15) is 0 Å². The molecular formula is C15H21NO4. The van der Waals surface area contributed by atoms with Gasteiger partial charge < -0.3 is 14.8 Å². The lowest BCUT2D eigenvalue weighted by atomic mass is 10.3. The Bertz CT molecular complexity index is 406. The summed E-state index contributed by atoms with van der Waals surface area (Å²) in [7, 11) is 0. The second-order valence-corrected chi connectivity index (χ2v) is 4.17. The molecule has 1 amide bonds. The second-order valence-electron chi connectivity index (χ2n) is 4.17. The summed E-state index contributed by atoms with van der Waals surface area (Å²) in [6.45, 7) is 2.98. The molecule has 0 aliphatic carbocycles. The third-order valence-corrected chi connectivity index (χ3v) is 2.53. The van der Waals surface area contributed by atoms with Crippen LogP contribution in [-0.4, -0.2) is 31.6 Å². The van der Waals surface area contributed by atoms with Crippen LogP contribution in [0.1, 0.15) is 26.2 Å². The van der Waals surface area contributed by atoms with Crippen LogP contribution in [0.25, 0.3) is 0 Å². The van der Waals surface area contributed by atoms with Gasteiger partial charge in [-0.15, -0.1) is 0 Å². The molecule has 0 aromatic heterocycles. The molecule has 1 aromatic carbocycles. The summed E-state index contributed by atoms with van der Waals surface area (Å²) in [5, 5.41) is 2.74. The highest BCUT2D eigenvalue weighted by molar-refractivity contribution is 5.76. The molecule has 20 heavy (non-hydrogen) atoms. The van der Waals surface area contributed by atoms with Gasteiger partial charge in [-0.05, 0) is 25.5 Å². The standard InChI is InChI=1S/C15H21NO4/c1-2-19-15(18)9-6-11-16-14(17)10-12-20-13-7-4-3-5-8-13/h3-5,7-8H,2,6,9-12H2,1H3,(H,16,17). The van der Waals surface area contributed by atoms with E-state index in [4.69, 9.17) is 9.47 Å². The average Bonchev–Trinajstić information content (AvgIpc) is 2.45. The van der Waals surface area contributed by atoms with Crippen molar-refractivity contribution in [2.75, 3.05) is 19.8 Å². The number of amides is 1. The summed E-state index contributed by atoms with van der Waals surface area (Å²) >= 11 is 0. The number of hydrogen-bond donors (Lipinski definition) is 1. The molecule has 0 radical (unpaired) electrons. The number of hydrogen-bond acceptors (Lipinski definition) is 4. The van der Waals surface area contributed by atoms with Crippen LogP contribution in [0.3, 0.4) is 0 Å². The summed E-state index contributed by atoms with van der Waals surface area (Å²) < 4.78 is 10.2. The molecule has 0 spiro atoms. The van der Waals surface area contributed by atoms with E-state index in [0.717, 1.165) is 5.75 Å². The van der Waals surface area contributed by atoms with E-state index < -0.39 is 0 Å². The number of carbonyl (C=O) groups excluding carboxylic acids is 2. The Balaban J connectivity index is 2.02. The van der Waals surface area contributed by atoms with Crippen molar-refractivity contribution >= 4 is 11.9 Å². The van der Waals surface area contributed by atoms with Crippen molar-refractivity contribution in [2.24, 2.45) is 0 Å². The normalized spacial score (nSPS) is 9.85. The molecule has 110 valence electrons. The third kappa shape index (κ3) is 7.41. The van der Waals surface area contributed by atoms with Crippen LogP contribution in [0.2, 0.25) is 0 Å². The van der Waals surface area contributed by atoms with E-state index in [-0.39, 0.29) is 11.9 Å². The van der Waals surface area contributed by atoms with Crippen molar-refractivity contribution in [3.05, 3.63) is 30.3 Å². The van der Waals surface area contributed by atoms with E-state index in [9.17, 15) is 9.59 Å². The molecule has 0 atom stereocenters. The van der Waals surface area contributed by atoms with E-state index in [2.05, 4.69) is 5.32 Å². The third-order valence-electron chi connectivity index (χ3n) is 2.53. The van der Waals surface area contributed by atoms with Crippen LogP contribution in [0.4, 0.5) is 0 Å². The number of esters is 1. The summed E-state index contributed by atoms with van der Waals surface area (Å²) in [6.07, 6.45) is 1.22. The van der Waals surface area contributed by atoms with Crippen molar-refractivity contribution < 1.29 is 19.1 Å². The fourth-order valence-electron chi connectivity index (χ4n) is 1.56. The van der Waals surface area contributed by atoms with Crippen LogP contribution < -0.4 is 10.1 Å². The lowest BCUT2D eigenvalue weighted by Gasteiger charge is -2.07. The van der Waals surface area contributed by atoms with Crippen LogP contribution in [0, 0.1) is 0 Å². The second kappa shape index (κ2) is 9.83. The zero-order valence-electron chi connectivity index (χ0n) is 11.8. The van der Waals surface area contributed by atoms with E-state index in [1.807, 2.05) is 30.3 Å². The highest BCUT2D eigenvalue weighted by Crippen LogP contribution is 2.08. The van der Waals surface area contributed by atoms with Gasteiger partial charge in [0.1, 0.15) is 5.75 Å². The summed E-state index contributed by atoms with van der Waals surface area (Å²) in [5.41, 5.74) is 0. The minimum Gasteiger partial charge on any atom is -0.493 e. The first-order valence-electron chi connectivity index (χ1n) is 6.82. The van der Waals surface area contributed by atoms with Crippen molar-refractivity contribution in [1.29, 1.82) is 0 Å². The van der Waals surface area contributed by atoms with Gasteiger partial charge in [0, 0.05) is 13.0 Å². The van der Waals surface area contributed by atoms with Crippen LogP contribution in [-0.2, 0) is 14.3 Å². The molecule has 0 bridgehead atoms. The minimum absolute atomic E-state index is 0.0789. The van der Waals surface area contributed by atoms with Crippen LogP contribution in [0.5, 0.6) is 5.75 Å². The van der Waals surface area contributed by atoms with Gasteiger partial charge in [0.15, 0.2) is 0 Å². The Kier molecular flexibility index (Phi) is 7.87. The molecule has 1 rings (SSSR count). The van der Waals surface area contributed by atoms with Crippen LogP contribution in [0.15, 0.2) is 30.3 Å². The largest absolute Gasteiger partial charge is 0.493 e. The van der Waals surface area contributed by atoms with Crippen molar-refractivity contribution in [2.45, 2.75) is 26.2 Å². The van der Waals surface area contributed by atoms with Gasteiger partial charge in [-0.1, -0.05) is 18.2 Å². The highest BCUT2D eigenvalue weighted by atomic mass is 16.5. The number of ether oxygens (including phenoxy) is 2. The van der Waals surface area contributed by atoms with Crippen molar-refractivity contribution in [1.82, 2.24) is 5.32 Å². The number of carbonyl (C=O) groups is 2. The molecule has 1 N–H and O–H groups in total. The molecule has 0 unspecified atom stereocenters. The number of rotatable bonds is 9. The monoisotopic (exact) mass is 279 g/mol. The van der Waals surface area contributed by atoms with E-state index in [1.54, 1.807) is 6.92 Å². The number of para-hydroxylation sites is 1. The summed E-state index contributed by atoms with van der Waals surface area (Å²) in [5.74, 6) is 0.446. The molecule has 5 heteroatoms. The first-order valence-corrected chi connectivity index (χ1v) is 6.82. The number of nitrogens with one attached hydrogen (secondary N) is 1. The van der Waals surface area contributed by atoms with Crippen molar-refractivity contribution in [3.63, 3.8) is 0 Å². The van der Waals surface area contributed by atoms with Gasteiger partial charge in [-0.3, -0.25) is 9.59 Å². The first-order chi connectivity index (χ1) is 9.72. The predicted molar refractivity (Wildman–Crippen MR) is 75.4 cm³/mol. The molecule has 0 aliphatic heterocycles. The van der Waals surface area contributed by atoms with Gasteiger partial charge in [0.2, 0.25) is 5.91 Å². The molecule has 0 saturated heterocycles. The molecular weight excluding hydrogens is 258 g/mol. The van der Waals surface area contributed by atoms with Gasteiger partial charge in [0.05, 0.1) is 19.6 Å². The quantitative estimate of drug-likeness (QED) is 0.554. The molecule has 0 heterocycles. The predicted octanol–water partition coefficient (Wildman–Crippen LogP) is 1.91. The summed E-state index contributed by atoms with van der Waals surface area (Å²) in [6, 6.07) is 9.35. The fraction of sp³-hybridized carbons (Fsp3) is 0.467. The topological polar surface area (TPSA) is 64.6 Å². The fourth-order valence-corrected chi connectivity index (χ4v) is 1.56. The average molecular weight is 279 g/mol. The number of benzene rings is 1. The van der Waals surface area contributed by atoms with E-state index in [0.29, 0.717) is 39.0 Å². The van der Waals surface area contributed by atoms with E-state index in [1.165, 1.54) is 0 Å². The van der Waals surface area contributed by atoms with Crippen molar-refractivity contribution in [3.8, 4) is 5.75 Å². The Labute approximate surface area is 119 Å². The Hall–Kier alpha value is -2.04. The van der Waals surface area contributed by atoms with Gasteiger partial charge in [0.25, 0.3) is 0 Å². The van der Waals surface area contributed by atoms with Gasteiger partial charge >= 0.3 is 5.97 Å².